The number of nitrogens with zero attached hydrogens (tertiary/aromatic N) is 3. The summed E-state index contributed by atoms with van der Waals surface area (Å²) < 4.78 is 0.646. The number of aromatic nitrogens is 1. The minimum atomic E-state index is -0.835. The lowest BCUT2D eigenvalue weighted by Crippen LogP contribution is -2.19. The Kier molecular flexibility index (Phi) is 2.86. The normalized spacial score (nSPS) is 12.6. The first-order valence-electron chi connectivity index (χ1n) is 6.90. The topological polar surface area (TPSA) is 113 Å². The van der Waals surface area contributed by atoms with Gasteiger partial charge in [-0.25, -0.2) is 4.79 Å². The van der Waals surface area contributed by atoms with Crippen LogP contribution in [0.3, 0.4) is 0 Å². The summed E-state index contributed by atoms with van der Waals surface area (Å²) in [5, 5.41) is 28.0. The molecule has 2 heterocycles. The minimum absolute atomic E-state index is 0.0963. The molecular weight excluding hydrogens is 314 g/mol. The van der Waals surface area contributed by atoms with E-state index in [0.717, 1.165) is 0 Å². The van der Waals surface area contributed by atoms with Crippen LogP contribution in [0.5, 0.6) is 11.8 Å². The fraction of sp³-hybridized carbons (Fsp3) is 0. The van der Waals surface area contributed by atoms with Crippen molar-refractivity contribution in [1.82, 2.24) is 4.73 Å². The number of benzene rings is 2. The Hall–Kier alpha value is -3.68. The van der Waals surface area contributed by atoms with Crippen LogP contribution in [0.15, 0.2) is 52.7 Å². The maximum Gasteiger partial charge on any atom is 0.364 e. The first kappa shape index (κ1) is 13.9. The predicted octanol–water partition coefficient (Wildman–Crippen LogP) is 2.56. The molecule has 0 fully saturated rings. The lowest BCUT2D eigenvalue weighted by molar-refractivity contribution is 0.0385. The molecule has 2 aromatic carbocycles. The molecular formula is C16H9N3O5. The Morgan fingerprint density at radius 3 is 2.33 bits per heavy atom. The first-order chi connectivity index (χ1) is 11.6. The lowest BCUT2D eigenvalue weighted by atomic mass is 10.1. The van der Waals surface area contributed by atoms with Crippen molar-refractivity contribution in [3.63, 3.8) is 0 Å². The quantitative estimate of drug-likeness (QED) is 0.752. The van der Waals surface area contributed by atoms with Gasteiger partial charge in [-0.05, 0) is 30.3 Å². The molecule has 8 heteroatoms. The summed E-state index contributed by atoms with van der Waals surface area (Å²) in [6.07, 6.45) is 0. The van der Waals surface area contributed by atoms with Gasteiger partial charge in [0.25, 0.3) is 5.91 Å². The van der Waals surface area contributed by atoms with Crippen LogP contribution in [-0.2, 0) is 0 Å². The third kappa shape index (κ3) is 1.93. The molecule has 2 N–H and O–H groups in total. The van der Waals surface area contributed by atoms with Gasteiger partial charge in [-0.1, -0.05) is 12.1 Å². The maximum atomic E-state index is 12.3. The maximum absolute atomic E-state index is 12.3. The number of hydrogen-bond acceptors (Lipinski definition) is 6. The van der Waals surface area contributed by atoms with Crippen molar-refractivity contribution in [2.24, 2.45) is 10.2 Å². The number of fused-ring (bicyclic) bond motifs is 2. The molecule has 8 nitrogen and oxygen atoms in total. The molecule has 3 aromatic rings. The second-order valence-corrected chi connectivity index (χ2v) is 5.10. The summed E-state index contributed by atoms with van der Waals surface area (Å²) in [4.78, 5) is 28.7. The van der Waals surface area contributed by atoms with Crippen LogP contribution in [0.2, 0.25) is 0 Å². The number of hydrogen-bond donors (Lipinski definition) is 2. The number of carbonyl (C=O) groups is 2. The van der Waals surface area contributed by atoms with Crippen molar-refractivity contribution < 1.29 is 24.6 Å². The van der Waals surface area contributed by atoms with Crippen LogP contribution in [0.4, 0.5) is 5.69 Å². The molecule has 0 saturated heterocycles. The Bertz CT molecular complexity index is 1010. The van der Waals surface area contributed by atoms with Crippen molar-refractivity contribution in [2.45, 2.75) is 0 Å². The molecule has 118 valence electrons. The van der Waals surface area contributed by atoms with Crippen molar-refractivity contribution in [3.8, 4) is 11.8 Å². The second kappa shape index (κ2) is 4.92. The van der Waals surface area contributed by atoms with Gasteiger partial charge in [0, 0.05) is 0 Å². The summed E-state index contributed by atoms with van der Waals surface area (Å²) in [5.41, 5.74) is 0.656. The summed E-state index contributed by atoms with van der Waals surface area (Å²) in [6.45, 7) is 0. The zero-order chi connectivity index (χ0) is 16.8. The third-order valence-corrected chi connectivity index (χ3v) is 3.68. The molecule has 0 spiro atoms. The van der Waals surface area contributed by atoms with Crippen molar-refractivity contribution in [3.05, 3.63) is 53.6 Å². The summed E-state index contributed by atoms with van der Waals surface area (Å²) in [6, 6.07) is 10.7. The molecule has 4 rings (SSSR count). The SMILES string of the molecule is O=C(On1c(O)c2ccccc2c1O)c1ccc2c(c1)N=NC2=O. The van der Waals surface area contributed by atoms with E-state index in [1.54, 1.807) is 24.3 Å². The molecule has 0 bridgehead atoms. The van der Waals surface area contributed by atoms with Gasteiger partial charge < -0.3 is 15.1 Å². The number of azo groups is 1. The minimum Gasteiger partial charge on any atom is -0.492 e. The third-order valence-electron chi connectivity index (χ3n) is 3.68. The average Bonchev–Trinajstić information content (AvgIpc) is 3.08. The number of aromatic hydroxyl groups is 2. The van der Waals surface area contributed by atoms with E-state index in [9.17, 15) is 19.8 Å². The van der Waals surface area contributed by atoms with Gasteiger partial charge in [0.15, 0.2) is 0 Å². The van der Waals surface area contributed by atoms with Crippen LogP contribution >= 0.6 is 0 Å². The van der Waals surface area contributed by atoms with Gasteiger partial charge in [-0.15, -0.1) is 15.0 Å². The molecule has 24 heavy (non-hydrogen) atoms. The molecule has 1 aromatic heterocycles. The Morgan fingerprint density at radius 1 is 1.00 bits per heavy atom. The highest BCUT2D eigenvalue weighted by atomic mass is 16.7. The zero-order valence-electron chi connectivity index (χ0n) is 12.0. The highest BCUT2D eigenvalue weighted by molar-refractivity contribution is 6.03. The van der Waals surface area contributed by atoms with Crippen LogP contribution in [0.1, 0.15) is 20.7 Å². The van der Waals surface area contributed by atoms with Gasteiger partial charge in [-0.3, -0.25) is 4.79 Å². The van der Waals surface area contributed by atoms with Crippen molar-refractivity contribution in [1.29, 1.82) is 0 Å². The molecule has 1 amide bonds. The van der Waals surface area contributed by atoms with Gasteiger partial charge in [0.2, 0.25) is 11.8 Å². The van der Waals surface area contributed by atoms with E-state index in [2.05, 4.69) is 10.2 Å². The monoisotopic (exact) mass is 323 g/mol. The number of carbonyl (C=O) groups excluding carboxylic acids is 2. The van der Waals surface area contributed by atoms with Gasteiger partial charge >= 0.3 is 5.97 Å². The second-order valence-electron chi connectivity index (χ2n) is 5.10. The predicted molar refractivity (Wildman–Crippen MR) is 81.5 cm³/mol. The largest absolute Gasteiger partial charge is 0.492 e. The number of amides is 1. The molecule has 0 aliphatic carbocycles. The summed E-state index contributed by atoms with van der Waals surface area (Å²) in [5.74, 6) is -2.10. The van der Waals surface area contributed by atoms with E-state index >= 15 is 0 Å². The molecule has 0 radical (unpaired) electrons. The van der Waals surface area contributed by atoms with Crippen molar-refractivity contribution in [2.75, 3.05) is 0 Å². The molecule has 0 atom stereocenters. The molecule has 0 unspecified atom stereocenters. The standard InChI is InChI=1S/C16H9N3O5/c20-13-11-6-5-8(7-12(11)17-18-13)16(23)24-19-14(21)9-3-1-2-4-10(9)15(19)22/h1-7,21-22H. The average molecular weight is 323 g/mol. The Labute approximate surface area is 134 Å². The zero-order valence-corrected chi connectivity index (χ0v) is 12.0. The fourth-order valence-corrected chi connectivity index (χ4v) is 2.49. The van der Waals surface area contributed by atoms with E-state index in [1.165, 1.54) is 18.2 Å². The smallest absolute Gasteiger partial charge is 0.364 e. The van der Waals surface area contributed by atoms with Gasteiger partial charge in [0.1, 0.15) is 0 Å². The lowest BCUT2D eigenvalue weighted by Gasteiger charge is -2.07. The Morgan fingerprint density at radius 2 is 1.67 bits per heavy atom. The van der Waals surface area contributed by atoms with Crippen LogP contribution in [0.25, 0.3) is 10.8 Å². The van der Waals surface area contributed by atoms with Gasteiger partial charge in [0.05, 0.1) is 27.6 Å². The van der Waals surface area contributed by atoms with Crippen LogP contribution in [-0.4, -0.2) is 26.8 Å². The summed E-state index contributed by atoms with van der Waals surface area (Å²) >= 11 is 0. The van der Waals surface area contributed by atoms with Crippen molar-refractivity contribution >= 4 is 28.3 Å². The Balaban J connectivity index is 1.70. The fourth-order valence-electron chi connectivity index (χ4n) is 2.49. The molecule has 1 aliphatic heterocycles. The van der Waals surface area contributed by atoms with Crippen LogP contribution < -0.4 is 4.84 Å². The van der Waals surface area contributed by atoms with E-state index in [0.29, 0.717) is 21.1 Å². The van der Waals surface area contributed by atoms with E-state index in [1.807, 2.05) is 0 Å². The number of rotatable bonds is 2. The van der Waals surface area contributed by atoms with E-state index < -0.39 is 23.6 Å². The molecule has 0 saturated carbocycles. The van der Waals surface area contributed by atoms with Gasteiger partial charge in [-0.2, -0.15) is 0 Å². The van der Waals surface area contributed by atoms with E-state index in [4.69, 9.17) is 4.84 Å². The summed E-state index contributed by atoms with van der Waals surface area (Å²) in [7, 11) is 0. The first-order valence-corrected chi connectivity index (χ1v) is 6.90. The van der Waals surface area contributed by atoms with Crippen LogP contribution in [0, 0.1) is 0 Å². The highest BCUT2D eigenvalue weighted by Gasteiger charge is 2.23. The highest BCUT2D eigenvalue weighted by Crippen LogP contribution is 2.35. The molecule has 1 aliphatic rings. The van der Waals surface area contributed by atoms with E-state index in [-0.39, 0.29) is 11.3 Å².